The molecular weight excluding hydrogens is 230 g/mol. The maximum atomic E-state index is 12.1. The van der Waals surface area contributed by atoms with Crippen molar-refractivity contribution < 1.29 is 4.79 Å². The number of carbonyl (C=O) groups is 1. The minimum absolute atomic E-state index is 0.160. The molecule has 88 valence electrons. The van der Waals surface area contributed by atoms with Crippen LogP contribution in [0.2, 0.25) is 0 Å². The third-order valence-electron chi connectivity index (χ3n) is 2.48. The van der Waals surface area contributed by atoms with E-state index in [2.05, 4.69) is 18.8 Å². The standard InChI is InChI=1S/C14H15NOS/c1-10(2)17-9-13(16)12-7-3-5-11-6-4-8-15-14(11)12/h3-8,10H,9H2,1-2H3. The predicted molar refractivity (Wildman–Crippen MR) is 73.7 cm³/mol. The number of para-hydroxylation sites is 1. The van der Waals surface area contributed by atoms with E-state index in [9.17, 15) is 4.79 Å². The molecule has 2 rings (SSSR count). The molecule has 3 heteroatoms. The zero-order valence-corrected chi connectivity index (χ0v) is 10.8. The number of rotatable bonds is 4. The molecule has 1 heterocycles. The summed E-state index contributed by atoms with van der Waals surface area (Å²) in [5, 5.41) is 1.50. The molecular formula is C14H15NOS. The van der Waals surface area contributed by atoms with Crippen molar-refractivity contribution in [3.63, 3.8) is 0 Å². The van der Waals surface area contributed by atoms with Gasteiger partial charge in [0.05, 0.1) is 11.3 Å². The quantitative estimate of drug-likeness (QED) is 0.771. The van der Waals surface area contributed by atoms with Crippen LogP contribution in [0, 0.1) is 0 Å². The van der Waals surface area contributed by atoms with Gasteiger partial charge >= 0.3 is 0 Å². The second-order valence-corrected chi connectivity index (χ2v) is 5.73. The molecule has 0 saturated heterocycles. The van der Waals surface area contributed by atoms with E-state index in [0.29, 0.717) is 11.0 Å². The fraction of sp³-hybridized carbons (Fsp3) is 0.286. The lowest BCUT2D eigenvalue weighted by atomic mass is 10.1. The number of aromatic nitrogens is 1. The number of ketones is 1. The van der Waals surface area contributed by atoms with E-state index in [0.717, 1.165) is 16.5 Å². The highest BCUT2D eigenvalue weighted by atomic mass is 32.2. The SMILES string of the molecule is CC(C)SCC(=O)c1cccc2cccnc12. The molecule has 0 amide bonds. The molecule has 0 N–H and O–H groups in total. The lowest BCUT2D eigenvalue weighted by Crippen LogP contribution is -2.06. The van der Waals surface area contributed by atoms with Crippen molar-refractivity contribution in [2.45, 2.75) is 19.1 Å². The maximum absolute atomic E-state index is 12.1. The third-order valence-corrected chi connectivity index (χ3v) is 3.58. The summed E-state index contributed by atoms with van der Waals surface area (Å²) in [5.74, 6) is 0.681. The van der Waals surface area contributed by atoms with E-state index >= 15 is 0 Å². The van der Waals surface area contributed by atoms with Crippen LogP contribution in [0.4, 0.5) is 0 Å². The molecule has 0 radical (unpaired) electrons. The summed E-state index contributed by atoms with van der Waals surface area (Å²) >= 11 is 1.67. The van der Waals surface area contributed by atoms with Gasteiger partial charge in [-0.3, -0.25) is 9.78 Å². The molecule has 1 aromatic heterocycles. The Labute approximate surface area is 105 Å². The molecule has 0 unspecified atom stereocenters. The van der Waals surface area contributed by atoms with Crippen LogP contribution in [0.1, 0.15) is 24.2 Å². The minimum atomic E-state index is 0.160. The number of benzene rings is 1. The van der Waals surface area contributed by atoms with Gasteiger partial charge in [0.1, 0.15) is 0 Å². The second-order valence-electron chi connectivity index (χ2n) is 4.16. The Kier molecular flexibility index (Phi) is 3.79. The molecule has 0 aliphatic carbocycles. The van der Waals surface area contributed by atoms with Gasteiger partial charge in [-0.2, -0.15) is 11.8 Å². The number of hydrogen-bond donors (Lipinski definition) is 0. The molecule has 0 saturated carbocycles. The van der Waals surface area contributed by atoms with Gasteiger partial charge < -0.3 is 0 Å². The number of pyridine rings is 1. The largest absolute Gasteiger partial charge is 0.293 e. The summed E-state index contributed by atoms with van der Waals surface area (Å²) in [6.45, 7) is 4.19. The smallest absolute Gasteiger partial charge is 0.174 e. The first-order valence-corrected chi connectivity index (χ1v) is 6.72. The highest BCUT2D eigenvalue weighted by Gasteiger charge is 2.11. The molecule has 0 fully saturated rings. The van der Waals surface area contributed by atoms with Gasteiger partial charge in [0.15, 0.2) is 5.78 Å². The predicted octanol–water partition coefficient (Wildman–Crippen LogP) is 3.56. The third kappa shape index (κ3) is 2.86. The maximum Gasteiger partial charge on any atom is 0.174 e. The Morgan fingerprint density at radius 3 is 2.82 bits per heavy atom. The summed E-state index contributed by atoms with van der Waals surface area (Å²) < 4.78 is 0. The zero-order valence-electron chi connectivity index (χ0n) is 10.0. The van der Waals surface area contributed by atoms with E-state index < -0.39 is 0 Å². The molecule has 2 nitrogen and oxygen atoms in total. The highest BCUT2D eigenvalue weighted by Crippen LogP contribution is 2.19. The van der Waals surface area contributed by atoms with Crippen LogP contribution >= 0.6 is 11.8 Å². The van der Waals surface area contributed by atoms with Gasteiger partial charge in [0, 0.05) is 17.1 Å². The monoisotopic (exact) mass is 245 g/mol. The molecule has 17 heavy (non-hydrogen) atoms. The molecule has 2 aromatic rings. The summed E-state index contributed by atoms with van der Waals surface area (Å²) in [6, 6.07) is 9.62. The van der Waals surface area contributed by atoms with Crippen molar-refractivity contribution in [1.82, 2.24) is 4.98 Å². The normalized spacial score (nSPS) is 11.0. The Hall–Kier alpha value is -1.35. The summed E-state index contributed by atoms with van der Waals surface area (Å²) in [6.07, 6.45) is 1.73. The number of nitrogens with zero attached hydrogens (tertiary/aromatic N) is 1. The lowest BCUT2D eigenvalue weighted by molar-refractivity contribution is 0.102. The van der Waals surface area contributed by atoms with Gasteiger partial charge in [-0.25, -0.2) is 0 Å². The Morgan fingerprint density at radius 2 is 2.06 bits per heavy atom. The van der Waals surface area contributed by atoms with Gasteiger partial charge in [-0.05, 0) is 17.4 Å². The molecule has 0 aliphatic rings. The minimum Gasteiger partial charge on any atom is -0.293 e. The molecule has 1 aromatic carbocycles. The topological polar surface area (TPSA) is 30.0 Å². The second kappa shape index (κ2) is 5.32. The first-order chi connectivity index (χ1) is 8.18. The number of carbonyl (C=O) groups excluding carboxylic acids is 1. The number of hydrogen-bond acceptors (Lipinski definition) is 3. The fourth-order valence-electron chi connectivity index (χ4n) is 1.65. The van der Waals surface area contributed by atoms with E-state index in [1.54, 1.807) is 18.0 Å². The Balaban J connectivity index is 2.32. The van der Waals surface area contributed by atoms with Crippen LogP contribution in [0.15, 0.2) is 36.5 Å². The van der Waals surface area contributed by atoms with E-state index in [-0.39, 0.29) is 5.78 Å². The Bertz CT molecular complexity index is 531. The number of fused-ring (bicyclic) bond motifs is 1. The first-order valence-electron chi connectivity index (χ1n) is 5.67. The average Bonchev–Trinajstić information content (AvgIpc) is 2.35. The summed E-state index contributed by atoms with van der Waals surface area (Å²) in [4.78, 5) is 16.4. The van der Waals surface area contributed by atoms with Crippen molar-refractivity contribution in [3.05, 3.63) is 42.1 Å². The fourth-order valence-corrected chi connectivity index (χ4v) is 2.29. The molecule has 0 atom stereocenters. The van der Waals surface area contributed by atoms with Crippen LogP contribution in [0.25, 0.3) is 10.9 Å². The van der Waals surface area contributed by atoms with Crippen molar-refractivity contribution >= 4 is 28.4 Å². The number of Topliss-reactive ketones (excluding diaryl/α,β-unsaturated/α-hetero) is 1. The van der Waals surface area contributed by atoms with Crippen LogP contribution in [-0.2, 0) is 0 Å². The first kappa shape index (κ1) is 12.1. The lowest BCUT2D eigenvalue weighted by Gasteiger charge is -2.06. The average molecular weight is 245 g/mol. The van der Waals surface area contributed by atoms with Gasteiger partial charge in [0.2, 0.25) is 0 Å². The van der Waals surface area contributed by atoms with E-state index in [1.165, 1.54) is 0 Å². The highest BCUT2D eigenvalue weighted by molar-refractivity contribution is 8.00. The van der Waals surface area contributed by atoms with Gasteiger partial charge in [-0.15, -0.1) is 0 Å². The van der Waals surface area contributed by atoms with Crippen LogP contribution < -0.4 is 0 Å². The van der Waals surface area contributed by atoms with Gasteiger partial charge in [-0.1, -0.05) is 32.0 Å². The number of thioether (sulfide) groups is 1. The van der Waals surface area contributed by atoms with E-state index in [1.807, 2.05) is 30.3 Å². The van der Waals surface area contributed by atoms with Crippen molar-refractivity contribution in [2.24, 2.45) is 0 Å². The van der Waals surface area contributed by atoms with E-state index in [4.69, 9.17) is 0 Å². The molecule has 0 spiro atoms. The molecule has 0 bridgehead atoms. The Morgan fingerprint density at radius 1 is 1.29 bits per heavy atom. The van der Waals surface area contributed by atoms with Crippen LogP contribution in [0.3, 0.4) is 0 Å². The van der Waals surface area contributed by atoms with Crippen molar-refractivity contribution in [3.8, 4) is 0 Å². The van der Waals surface area contributed by atoms with Crippen molar-refractivity contribution in [2.75, 3.05) is 5.75 Å². The van der Waals surface area contributed by atoms with Gasteiger partial charge in [0.25, 0.3) is 0 Å². The summed E-state index contributed by atoms with van der Waals surface area (Å²) in [7, 11) is 0. The zero-order chi connectivity index (χ0) is 12.3. The van der Waals surface area contributed by atoms with Crippen molar-refractivity contribution in [1.29, 1.82) is 0 Å². The van der Waals surface area contributed by atoms with Crippen LogP contribution in [0.5, 0.6) is 0 Å². The summed E-state index contributed by atoms with van der Waals surface area (Å²) in [5.41, 5.74) is 1.54. The molecule has 0 aliphatic heterocycles. The van der Waals surface area contributed by atoms with Crippen LogP contribution in [-0.4, -0.2) is 21.8 Å².